The van der Waals surface area contributed by atoms with Crippen molar-refractivity contribution in [2.24, 2.45) is 0 Å². The summed E-state index contributed by atoms with van der Waals surface area (Å²) in [6, 6.07) is 19.9. The third-order valence-electron chi connectivity index (χ3n) is 4.90. The van der Waals surface area contributed by atoms with Gasteiger partial charge in [0, 0.05) is 47.3 Å². The van der Waals surface area contributed by atoms with Crippen molar-refractivity contribution in [2.75, 3.05) is 5.32 Å². The van der Waals surface area contributed by atoms with Gasteiger partial charge in [-0.25, -0.2) is 0 Å². The lowest BCUT2D eigenvalue weighted by atomic mass is 10.1. The van der Waals surface area contributed by atoms with E-state index in [1.807, 2.05) is 72.3 Å². The first kappa shape index (κ1) is 22.0. The van der Waals surface area contributed by atoms with Gasteiger partial charge in [0.05, 0.1) is 0 Å². The number of hydrogen-bond acceptors (Lipinski definition) is 5. The van der Waals surface area contributed by atoms with Gasteiger partial charge in [0.25, 0.3) is 0 Å². The average Bonchev–Trinajstić information content (AvgIpc) is 3.18. The summed E-state index contributed by atoms with van der Waals surface area (Å²) in [6.45, 7) is 2.49. The van der Waals surface area contributed by atoms with E-state index < -0.39 is 0 Å². The Bertz CT molecular complexity index is 1230. The van der Waals surface area contributed by atoms with Crippen molar-refractivity contribution in [1.82, 2.24) is 19.7 Å². The number of benzene rings is 2. The molecule has 2 heterocycles. The minimum atomic E-state index is -0.0706. The highest BCUT2D eigenvalue weighted by Crippen LogP contribution is 2.24. The molecule has 8 heteroatoms. The molecule has 0 unspecified atom stereocenters. The number of rotatable bonds is 8. The fourth-order valence-corrected chi connectivity index (χ4v) is 4.23. The minimum absolute atomic E-state index is 0.0706. The second-order valence-corrected chi connectivity index (χ2v) is 8.78. The predicted molar refractivity (Wildman–Crippen MR) is 131 cm³/mol. The molecular formula is C24H23N5OS2. The van der Waals surface area contributed by atoms with E-state index in [4.69, 9.17) is 12.2 Å². The van der Waals surface area contributed by atoms with Crippen LogP contribution < -0.4 is 5.32 Å². The maximum absolute atomic E-state index is 12.5. The van der Waals surface area contributed by atoms with E-state index >= 15 is 0 Å². The molecule has 6 nitrogen and oxygen atoms in total. The van der Waals surface area contributed by atoms with Gasteiger partial charge in [0.15, 0.2) is 10.6 Å². The molecule has 0 fully saturated rings. The molecule has 32 heavy (non-hydrogen) atoms. The van der Waals surface area contributed by atoms with Crippen LogP contribution in [0.3, 0.4) is 0 Å². The number of H-pyrrole nitrogens is 1. The third kappa shape index (κ3) is 5.72. The van der Waals surface area contributed by atoms with Crippen LogP contribution in [0.25, 0.3) is 11.4 Å². The summed E-state index contributed by atoms with van der Waals surface area (Å²) in [5.41, 5.74) is 4.09. The number of aromatic nitrogens is 4. The monoisotopic (exact) mass is 461 g/mol. The molecule has 0 aliphatic carbocycles. The van der Waals surface area contributed by atoms with Crippen LogP contribution >= 0.6 is 24.0 Å². The summed E-state index contributed by atoms with van der Waals surface area (Å²) < 4.78 is 2.36. The highest BCUT2D eigenvalue weighted by atomic mass is 32.2. The average molecular weight is 462 g/mol. The zero-order chi connectivity index (χ0) is 22.3. The number of nitrogens with one attached hydrogen (secondary N) is 2. The number of amides is 1. The lowest BCUT2D eigenvalue weighted by Crippen LogP contribution is -2.15. The maximum Gasteiger partial charge on any atom is 0.226 e. The van der Waals surface area contributed by atoms with Crippen LogP contribution in [0.5, 0.6) is 0 Å². The number of carbonyl (C=O) groups excluding carboxylic acids is 1. The molecule has 162 valence electrons. The SMILES string of the molecule is Cc1ccc(-c2n[nH]c(=S)n2CCC(=O)Nc2ccc(SCc3cccnc3)cc2)cc1. The highest BCUT2D eigenvalue weighted by molar-refractivity contribution is 7.98. The molecule has 0 saturated carbocycles. The maximum atomic E-state index is 12.5. The fourth-order valence-electron chi connectivity index (χ4n) is 3.17. The molecule has 4 aromatic rings. The first-order valence-corrected chi connectivity index (χ1v) is 11.6. The first-order chi connectivity index (χ1) is 15.6. The van der Waals surface area contributed by atoms with Crippen LogP contribution in [0.1, 0.15) is 17.5 Å². The van der Waals surface area contributed by atoms with E-state index in [1.54, 1.807) is 18.0 Å². The van der Waals surface area contributed by atoms with E-state index in [9.17, 15) is 4.79 Å². The van der Waals surface area contributed by atoms with Crippen molar-refractivity contribution >= 4 is 35.6 Å². The number of nitrogens with zero attached hydrogens (tertiary/aromatic N) is 3. The number of anilines is 1. The van der Waals surface area contributed by atoms with Crippen LogP contribution in [-0.2, 0) is 17.1 Å². The predicted octanol–water partition coefficient (Wildman–Crippen LogP) is 5.63. The number of carbonyl (C=O) groups is 1. The summed E-state index contributed by atoms with van der Waals surface area (Å²) in [4.78, 5) is 17.8. The second kappa shape index (κ2) is 10.4. The number of aromatic amines is 1. The Hall–Kier alpha value is -3.23. The number of pyridine rings is 1. The summed E-state index contributed by atoms with van der Waals surface area (Å²) in [5.74, 6) is 1.52. The molecule has 0 aliphatic rings. The molecule has 0 bridgehead atoms. The molecule has 0 spiro atoms. The summed E-state index contributed by atoms with van der Waals surface area (Å²) in [6.07, 6.45) is 3.94. The van der Waals surface area contributed by atoms with E-state index in [0.717, 1.165) is 27.7 Å². The van der Waals surface area contributed by atoms with Crippen LogP contribution in [0.15, 0.2) is 78.0 Å². The Labute approximate surface area is 196 Å². The van der Waals surface area contributed by atoms with Gasteiger partial charge in [0.1, 0.15) is 0 Å². The summed E-state index contributed by atoms with van der Waals surface area (Å²) >= 11 is 7.10. The van der Waals surface area contributed by atoms with Crippen molar-refractivity contribution in [2.45, 2.75) is 30.5 Å². The van der Waals surface area contributed by atoms with Crippen LogP contribution in [0.4, 0.5) is 5.69 Å². The number of aryl methyl sites for hydroxylation is 1. The lowest BCUT2D eigenvalue weighted by Gasteiger charge is -2.09. The van der Waals surface area contributed by atoms with Gasteiger partial charge < -0.3 is 5.32 Å². The zero-order valence-electron chi connectivity index (χ0n) is 17.6. The summed E-state index contributed by atoms with van der Waals surface area (Å²) in [7, 11) is 0. The van der Waals surface area contributed by atoms with Gasteiger partial charge in [0.2, 0.25) is 5.91 Å². The molecule has 1 amide bonds. The Morgan fingerprint density at radius 2 is 1.91 bits per heavy atom. The molecule has 0 saturated heterocycles. The fraction of sp³-hybridized carbons (Fsp3) is 0.167. The van der Waals surface area contributed by atoms with Gasteiger partial charge >= 0.3 is 0 Å². The minimum Gasteiger partial charge on any atom is -0.326 e. The molecular weight excluding hydrogens is 438 g/mol. The Morgan fingerprint density at radius 1 is 1.12 bits per heavy atom. The van der Waals surface area contributed by atoms with Crippen molar-refractivity contribution < 1.29 is 4.79 Å². The molecule has 0 aliphatic heterocycles. The Kier molecular flexibility index (Phi) is 7.14. The van der Waals surface area contributed by atoms with E-state index in [0.29, 0.717) is 17.7 Å². The number of hydrogen-bond donors (Lipinski definition) is 2. The van der Waals surface area contributed by atoms with Crippen molar-refractivity contribution in [3.8, 4) is 11.4 Å². The third-order valence-corrected chi connectivity index (χ3v) is 6.29. The van der Waals surface area contributed by atoms with E-state index in [-0.39, 0.29) is 5.91 Å². The standard InChI is InChI=1S/C24H23N5OS2/c1-17-4-6-19(7-5-17)23-27-28-24(31)29(23)14-12-22(30)26-20-8-10-21(11-9-20)32-16-18-3-2-13-25-15-18/h2-11,13,15H,12,14,16H2,1H3,(H,26,30)(H,28,31). The molecule has 2 N–H and O–H groups in total. The zero-order valence-corrected chi connectivity index (χ0v) is 19.2. The molecule has 0 radical (unpaired) electrons. The lowest BCUT2D eigenvalue weighted by molar-refractivity contribution is -0.116. The molecule has 2 aromatic carbocycles. The smallest absolute Gasteiger partial charge is 0.226 e. The number of thioether (sulfide) groups is 1. The highest BCUT2D eigenvalue weighted by Gasteiger charge is 2.11. The van der Waals surface area contributed by atoms with Crippen molar-refractivity contribution in [3.05, 3.63) is 89.0 Å². The Balaban J connectivity index is 1.32. The normalized spacial score (nSPS) is 10.8. The largest absolute Gasteiger partial charge is 0.326 e. The quantitative estimate of drug-likeness (QED) is 0.263. The van der Waals surface area contributed by atoms with Gasteiger partial charge in [-0.3, -0.25) is 19.4 Å². The van der Waals surface area contributed by atoms with Gasteiger partial charge in [-0.1, -0.05) is 35.9 Å². The van der Waals surface area contributed by atoms with E-state index in [2.05, 4.69) is 26.6 Å². The topological polar surface area (TPSA) is 75.6 Å². The first-order valence-electron chi connectivity index (χ1n) is 10.2. The van der Waals surface area contributed by atoms with Gasteiger partial charge in [-0.15, -0.1) is 11.8 Å². The Morgan fingerprint density at radius 3 is 2.62 bits per heavy atom. The molecule has 4 rings (SSSR count). The van der Waals surface area contributed by atoms with Crippen molar-refractivity contribution in [3.63, 3.8) is 0 Å². The van der Waals surface area contributed by atoms with Crippen LogP contribution in [0, 0.1) is 11.7 Å². The van der Waals surface area contributed by atoms with Gasteiger partial charge in [-0.2, -0.15) is 5.10 Å². The van der Waals surface area contributed by atoms with Crippen LogP contribution in [-0.4, -0.2) is 25.7 Å². The summed E-state index contributed by atoms with van der Waals surface area (Å²) in [5, 5.41) is 10.1. The second-order valence-electron chi connectivity index (χ2n) is 7.34. The van der Waals surface area contributed by atoms with E-state index in [1.165, 1.54) is 11.1 Å². The molecule has 0 atom stereocenters. The van der Waals surface area contributed by atoms with Crippen LogP contribution in [0.2, 0.25) is 0 Å². The molecule has 2 aromatic heterocycles. The van der Waals surface area contributed by atoms with Crippen molar-refractivity contribution in [1.29, 1.82) is 0 Å². The van der Waals surface area contributed by atoms with Gasteiger partial charge in [-0.05, 0) is 55.0 Å².